The van der Waals surface area contributed by atoms with Crippen LogP contribution < -0.4 is 15.1 Å². The first kappa shape index (κ1) is 19.2. The zero-order valence-corrected chi connectivity index (χ0v) is 15.9. The van der Waals surface area contributed by atoms with Gasteiger partial charge in [-0.25, -0.2) is 9.59 Å². The number of hydrogen-bond acceptors (Lipinski definition) is 6. The van der Waals surface area contributed by atoms with Crippen LogP contribution in [-0.4, -0.2) is 20.2 Å². The Morgan fingerprint density at radius 2 is 1.82 bits per heavy atom. The Bertz CT molecular complexity index is 1090. The Morgan fingerprint density at radius 1 is 1.04 bits per heavy atom. The molecule has 0 saturated carbocycles. The first-order valence-electron chi connectivity index (χ1n) is 8.60. The van der Waals surface area contributed by atoms with Gasteiger partial charge in [0.15, 0.2) is 11.5 Å². The Hall–Kier alpha value is -3.54. The zero-order valence-electron chi connectivity index (χ0n) is 15.9. The molecule has 0 saturated heterocycles. The number of carbonyl (C=O) groups excluding carboxylic acids is 1. The van der Waals surface area contributed by atoms with Crippen molar-refractivity contribution < 1.29 is 23.4 Å². The van der Waals surface area contributed by atoms with Crippen molar-refractivity contribution >= 4 is 23.0 Å². The van der Waals surface area contributed by atoms with Crippen molar-refractivity contribution in [2.75, 3.05) is 14.2 Å². The summed E-state index contributed by atoms with van der Waals surface area (Å²) < 4.78 is 20.9. The molecule has 144 valence electrons. The van der Waals surface area contributed by atoms with Crippen LogP contribution in [0.5, 0.6) is 11.5 Å². The second-order valence-electron chi connectivity index (χ2n) is 6.15. The van der Waals surface area contributed by atoms with E-state index < -0.39 is 11.6 Å². The van der Waals surface area contributed by atoms with E-state index in [9.17, 15) is 9.59 Å². The fraction of sp³-hybridized carbons (Fsp3) is 0.182. The summed E-state index contributed by atoms with van der Waals surface area (Å²) in [5.41, 5.74) is 2.32. The Kier molecular flexibility index (Phi) is 5.79. The number of ether oxygens (including phenoxy) is 3. The maximum Gasteiger partial charge on any atom is 0.336 e. The normalized spacial score (nSPS) is 11.0. The van der Waals surface area contributed by atoms with Gasteiger partial charge in [-0.15, -0.1) is 0 Å². The van der Waals surface area contributed by atoms with Crippen molar-refractivity contribution in [2.45, 2.75) is 13.5 Å². The van der Waals surface area contributed by atoms with Crippen molar-refractivity contribution in [3.8, 4) is 11.5 Å². The standard InChI is InChI=1S/C22H20O6/c1-14-4-7-17-16(12-22(24)28-19(17)10-14)13-27-21(23)9-6-15-5-8-18(25-2)20(11-15)26-3/h4-12H,13H2,1-3H3. The number of carbonyl (C=O) groups is 1. The van der Waals surface area contributed by atoms with E-state index >= 15 is 0 Å². The molecule has 0 aliphatic rings. The minimum absolute atomic E-state index is 0.0275. The molecule has 0 aliphatic heterocycles. The van der Waals surface area contributed by atoms with Crippen LogP contribution in [0.4, 0.5) is 0 Å². The molecular formula is C22H20O6. The molecular weight excluding hydrogens is 360 g/mol. The SMILES string of the molecule is COc1ccc(C=CC(=O)OCc2cc(=O)oc3cc(C)ccc23)cc1OC. The van der Waals surface area contributed by atoms with Crippen molar-refractivity contribution in [2.24, 2.45) is 0 Å². The molecule has 3 rings (SSSR count). The predicted octanol–water partition coefficient (Wildman–Crippen LogP) is 3.88. The minimum Gasteiger partial charge on any atom is -0.493 e. The molecule has 0 N–H and O–H groups in total. The zero-order chi connectivity index (χ0) is 20.1. The Balaban J connectivity index is 1.72. The highest BCUT2D eigenvalue weighted by Gasteiger charge is 2.08. The van der Waals surface area contributed by atoms with Gasteiger partial charge in [0, 0.05) is 23.1 Å². The fourth-order valence-corrected chi connectivity index (χ4v) is 2.77. The third-order valence-electron chi connectivity index (χ3n) is 4.18. The van der Waals surface area contributed by atoms with Gasteiger partial charge in [-0.1, -0.05) is 18.2 Å². The maximum absolute atomic E-state index is 12.1. The predicted molar refractivity (Wildman–Crippen MR) is 106 cm³/mol. The van der Waals surface area contributed by atoms with E-state index in [1.165, 1.54) is 12.1 Å². The molecule has 0 fully saturated rings. The number of esters is 1. The molecule has 0 spiro atoms. The van der Waals surface area contributed by atoms with Gasteiger partial charge < -0.3 is 18.6 Å². The van der Waals surface area contributed by atoms with Crippen LogP contribution in [-0.2, 0) is 16.1 Å². The third kappa shape index (κ3) is 4.40. The summed E-state index contributed by atoms with van der Waals surface area (Å²) in [6.07, 6.45) is 2.93. The molecule has 0 unspecified atom stereocenters. The Morgan fingerprint density at radius 3 is 2.57 bits per heavy atom. The van der Waals surface area contributed by atoms with E-state index in [2.05, 4.69) is 0 Å². The van der Waals surface area contributed by atoms with E-state index in [0.29, 0.717) is 22.6 Å². The van der Waals surface area contributed by atoms with Crippen LogP contribution >= 0.6 is 0 Å². The molecule has 6 nitrogen and oxygen atoms in total. The van der Waals surface area contributed by atoms with Crippen LogP contribution in [0.15, 0.2) is 57.8 Å². The second-order valence-corrected chi connectivity index (χ2v) is 6.15. The van der Waals surface area contributed by atoms with Crippen molar-refractivity contribution in [3.05, 3.63) is 75.7 Å². The van der Waals surface area contributed by atoms with Crippen LogP contribution in [0, 0.1) is 6.92 Å². The number of benzene rings is 2. The Labute approximate surface area is 162 Å². The van der Waals surface area contributed by atoms with E-state index in [1.54, 1.807) is 44.6 Å². The monoisotopic (exact) mass is 380 g/mol. The summed E-state index contributed by atoms with van der Waals surface area (Å²) in [4.78, 5) is 23.8. The number of fused-ring (bicyclic) bond motifs is 1. The summed E-state index contributed by atoms with van der Waals surface area (Å²) in [7, 11) is 3.10. The minimum atomic E-state index is -0.525. The third-order valence-corrected chi connectivity index (χ3v) is 4.18. The number of hydrogen-bond donors (Lipinski definition) is 0. The molecule has 6 heteroatoms. The molecule has 0 radical (unpaired) electrons. The van der Waals surface area contributed by atoms with Crippen LogP contribution in [0.2, 0.25) is 0 Å². The lowest BCUT2D eigenvalue weighted by Gasteiger charge is -2.08. The van der Waals surface area contributed by atoms with E-state index in [4.69, 9.17) is 18.6 Å². The summed E-state index contributed by atoms with van der Waals surface area (Å²) in [5.74, 6) is 0.645. The molecule has 3 aromatic rings. The first-order valence-corrected chi connectivity index (χ1v) is 8.60. The van der Waals surface area contributed by atoms with E-state index in [0.717, 1.165) is 16.5 Å². The molecule has 0 aliphatic carbocycles. The molecule has 28 heavy (non-hydrogen) atoms. The highest BCUT2D eigenvalue weighted by molar-refractivity contribution is 5.87. The summed E-state index contributed by atoms with van der Waals surface area (Å²) in [6.45, 7) is 1.88. The van der Waals surface area contributed by atoms with Gasteiger partial charge in [0.05, 0.1) is 14.2 Å². The number of aryl methyl sites for hydroxylation is 1. The van der Waals surface area contributed by atoms with Gasteiger partial charge >= 0.3 is 11.6 Å². The lowest BCUT2D eigenvalue weighted by molar-refractivity contribution is -0.138. The highest BCUT2D eigenvalue weighted by Crippen LogP contribution is 2.28. The molecule has 1 heterocycles. The van der Waals surface area contributed by atoms with Gasteiger partial charge in [0.1, 0.15) is 12.2 Å². The molecule has 2 aromatic carbocycles. The molecule has 0 atom stereocenters. The number of methoxy groups -OCH3 is 2. The largest absolute Gasteiger partial charge is 0.493 e. The maximum atomic E-state index is 12.1. The molecule has 0 bridgehead atoms. The number of rotatable bonds is 6. The van der Waals surface area contributed by atoms with Gasteiger partial charge in [-0.3, -0.25) is 0 Å². The van der Waals surface area contributed by atoms with Gasteiger partial charge in [-0.2, -0.15) is 0 Å². The lowest BCUT2D eigenvalue weighted by atomic mass is 10.1. The highest BCUT2D eigenvalue weighted by atomic mass is 16.5. The van der Waals surface area contributed by atoms with Crippen LogP contribution in [0.1, 0.15) is 16.7 Å². The summed E-state index contributed by atoms with van der Waals surface area (Å²) >= 11 is 0. The smallest absolute Gasteiger partial charge is 0.336 e. The van der Waals surface area contributed by atoms with Crippen molar-refractivity contribution in [1.82, 2.24) is 0 Å². The van der Waals surface area contributed by atoms with Gasteiger partial charge in [-0.05, 0) is 42.3 Å². The lowest BCUT2D eigenvalue weighted by Crippen LogP contribution is -2.05. The topological polar surface area (TPSA) is 75.0 Å². The average Bonchev–Trinajstić information content (AvgIpc) is 2.69. The van der Waals surface area contributed by atoms with E-state index in [1.807, 2.05) is 19.1 Å². The summed E-state index contributed by atoms with van der Waals surface area (Å²) in [5, 5.41) is 0.738. The second kappa shape index (κ2) is 8.43. The first-order chi connectivity index (χ1) is 13.5. The summed E-state index contributed by atoms with van der Waals surface area (Å²) in [6, 6.07) is 12.2. The molecule has 1 aromatic heterocycles. The van der Waals surface area contributed by atoms with Crippen molar-refractivity contribution in [1.29, 1.82) is 0 Å². The quantitative estimate of drug-likeness (QED) is 0.367. The van der Waals surface area contributed by atoms with Crippen LogP contribution in [0.25, 0.3) is 17.0 Å². The molecule has 0 amide bonds. The van der Waals surface area contributed by atoms with Gasteiger partial charge in [0.2, 0.25) is 0 Å². The van der Waals surface area contributed by atoms with E-state index in [-0.39, 0.29) is 6.61 Å². The average molecular weight is 380 g/mol. The fourth-order valence-electron chi connectivity index (χ4n) is 2.77. The van der Waals surface area contributed by atoms with Gasteiger partial charge in [0.25, 0.3) is 0 Å². The van der Waals surface area contributed by atoms with Crippen LogP contribution in [0.3, 0.4) is 0 Å². The van der Waals surface area contributed by atoms with Crippen molar-refractivity contribution in [3.63, 3.8) is 0 Å².